The third-order valence-electron chi connectivity index (χ3n) is 13.4. The van der Waals surface area contributed by atoms with Gasteiger partial charge in [-0.3, -0.25) is 0 Å². The van der Waals surface area contributed by atoms with E-state index in [1.165, 1.54) is 49.3 Å². The molecule has 314 valence electrons. The Hall–Kier alpha value is -8.92. The maximum Gasteiger partial charge on any atom is 0.136 e. The van der Waals surface area contributed by atoms with Crippen LogP contribution in [-0.2, 0) is 0 Å². The van der Waals surface area contributed by atoms with Crippen LogP contribution in [0.5, 0.6) is 0 Å². The van der Waals surface area contributed by atoms with Crippen molar-refractivity contribution in [2.45, 2.75) is 0 Å². The Morgan fingerprint density at radius 2 is 0.910 bits per heavy atom. The van der Waals surface area contributed by atoms with Gasteiger partial charge in [-0.2, -0.15) is 0 Å². The Morgan fingerprint density at radius 3 is 1.75 bits per heavy atom. The first-order chi connectivity index (χ1) is 33.2. The molecule has 0 aliphatic rings. The van der Waals surface area contributed by atoms with Crippen molar-refractivity contribution in [3.05, 3.63) is 255 Å². The van der Waals surface area contributed by atoms with Crippen molar-refractivity contribution in [2.24, 2.45) is 0 Å². The van der Waals surface area contributed by atoms with Crippen LogP contribution in [0, 0.1) is 0 Å². The summed E-state index contributed by atoms with van der Waals surface area (Å²) in [4.78, 5) is 2.43. The largest absolute Gasteiger partial charge is 0.456 e. The Balaban J connectivity index is 0.996. The lowest BCUT2D eigenvalue weighted by Gasteiger charge is -2.29. The van der Waals surface area contributed by atoms with E-state index in [-0.39, 0.29) is 0 Å². The average Bonchev–Trinajstić information content (AvgIpc) is 3.95. The van der Waals surface area contributed by atoms with Gasteiger partial charge in [-0.15, -0.1) is 0 Å². The molecule has 0 fully saturated rings. The van der Waals surface area contributed by atoms with Crippen LogP contribution in [0.15, 0.2) is 259 Å². The van der Waals surface area contributed by atoms with E-state index in [2.05, 4.69) is 258 Å². The summed E-state index contributed by atoms with van der Waals surface area (Å²) in [5, 5.41) is 7.16. The Bertz CT molecular complexity index is 3970. The maximum absolute atomic E-state index is 6.38. The number of hydrogen-bond donors (Lipinski definition) is 0. The fourth-order valence-electron chi connectivity index (χ4n) is 10.4. The van der Waals surface area contributed by atoms with E-state index in [0.717, 1.165) is 72.5 Å². The lowest BCUT2D eigenvalue weighted by Crippen LogP contribution is -2.11. The molecular weight excluding hydrogens is 813 g/mol. The predicted molar refractivity (Wildman–Crippen MR) is 282 cm³/mol. The van der Waals surface area contributed by atoms with Gasteiger partial charge < -0.3 is 13.9 Å². The van der Waals surface area contributed by atoms with Crippen molar-refractivity contribution in [3.63, 3.8) is 0 Å². The first-order valence-electron chi connectivity index (χ1n) is 22.9. The van der Waals surface area contributed by atoms with Crippen molar-refractivity contribution in [1.29, 1.82) is 0 Å². The van der Waals surface area contributed by atoms with E-state index in [9.17, 15) is 0 Å². The van der Waals surface area contributed by atoms with Crippen molar-refractivity contribution < 1.29 is 4.42 Å². The number of furan rings is 1. The zero-order chi connectivity index (χ0) is 44.3. The van der Waals surface area contributed by atoms with Crippen LogP contribution in [0.4, 0.5) is 17.1 Å². The van der Waals surface area contributed by atoms with Crippen LogP contribution in [-0.4, -0.2) is 4.57 Å². The molecule has 0 amide bonds. The van der Waals surface area contributed by atoms with E-state index in [1.54, 1.807) is 0 Å². The second kappa shape index (κ2) is 16.0. The van der Waals surface area contributed by atoms with E-state index in [0.29, 0.717) is 0 Å². The number of fused-ring (bicyclic) bond motifs is 7. The van der Waals surface area contributed by atoms with Gasteiger partial charge in [-0.25, -0.2) is 0 Å². The van der Waals surface area contributed by atoms with Crippen LogP contribution in [0.2, 0.25) is 0 Å². The van der Waals surface area contributed by atoms with E-state index >= 15 is 0 Å². The minimum Gasteiger partial charge on any atom is -0.456 e. The normalized spacial score (nSPS) is 11.6. The highest BCUT2D eigenvalue weighted by molar-refractivity contribution is 6.13. The van der Waals surface area contributed by atoms with Gasteiger partial charge in [0.05, 0.1) is 16.7 Å². The minimum absolute atomic E-state index is 0.884. The summed E-state index contributed by atoms with van der Waals surface area (Å²) >= 11 is 0. The Morgan fingerprint density at radius 1 is 0.313 bits per heavy atom. The first kappa shape index (κ1) is 38.5. The van der Waals surface area contributed by atoms with Crippen LogP contribution in [0.1, 0.15) is 0 Å². The number of rotatable bonds is 8. The van der Waals surface area contributed by atoms with Gasteiger partial charge in [-0.1, -0.05) is 188 Å². The first-order valence-corrected chi connectivity index (χ1v) is 22.9. The van der Waals surface area contributed by atoms with Gasteiger partial charge in [-0.05, 0) is 116 Å². The lowest BCUT2D eigenvalue weighted by molar-refractivity contribution is 0.669. The quantitative estimate of drug-likeness (QED) is 0.152. The molecule has 11 aromatic carbocycles. The Kier molecular flexibility index (Phi) is 9.17. The molecule has 2 heterocycles. The van der Waals surface area contributed by atoms with Crippen LogP contribution in [0.25, 0.3) is 105 Å². The number of hydrogen-bond acceptors (Lipinski definition) is 2. The van der Waals surface area contributed by atoms with Crippen molar-refractivity contribution >= 4 is 71.6 Å². The highest BCUT2D eigenvalue weighted by Crippen LogP contribution is 2.47. The lowest BCUT2D eigenvalue weighted by atomic mass is 9.90. The zero-order valence-corrected chi connectivity index (χ0v) is 36.6. The van der Waals surface area contributed by atoms with Crippen LogP contribution in [0.3, 0.4) is 0 Å². The third kappa shape index (κ3) is 6.51. The molecule has 2 aromatic heterocycles. The SMILES string of the molecule is c1ccc(-c2cccc3cccc(-c4ccccc4N(c4ccc(-c5ccc6c7ccccc7n(-c7ccccc7)c6c5)cc4)c4cccc(-c5cccc6oc7ccccc7c56)c4)c23)cc1. The monoisotopic (exact) mass is 854 g/mol. The van der Waals surface area contributed by atoms with Crippen molar-refractivity contribution in [1.82, 2.24) is 4.57 Å². The van der Waals surface area contributed by atoms with Gasteiger partial charge in [0, 0.05) is 44.2 Å². The molecule has 0 atom stereocenters. The highest BCUT2D eigenvalue weighted by atomic mass is 16.3. The molecule has 0 spiro atoms. The molecule has 3 nitrogen and oxygen atoms in total. The van der Waals surface area contributed by atoms with Gasteiger partial charge in [0.15, 0.2) is 0 Å². The van der Waals surface area contributed by atoms with E-state index < -0.39 is 0 Å². The topological polar surface area (TPSA) is 21.3 Å². The number of para-hydroxylation sites is 4. The van der Waals surface area contributed by atoms with Crippen LogP contribution < -0.4 is 4.90 Å². The van der Waals surface area contributed by atoms with Gasteiger partial charge >= 0.3 is 0 Å². The molecule has 67 heavy (non-hydrogen) atoms. The average molecular weight is 855 g/mol. The van der Waals surface area contributed by atoms with Crippen molar-refractivity contribution in [3.8, 4) is 50.2 Å². The summed E-state index contributed by atoms with van der Waals surface area (Å²) < 4.78 is 8.76. The molecule has 0 saturated heterocycles. The summed E-state index contributed by atoms with van der Waals surface area (Å²) in [6, 6.07) is 92.0. The second-order valence-electron chi connectivity index (χ2n) is 17.2. The second-order valence-corrected chi connectivity index (χ2v) is 17.2. The molecule has 0 aliphatic heterocycles. The molecule has 0 bridgehead atoms. The summed E-state index contributed by atoms with van der Waals surface area (Å²) in [6.07, 6.45) is 0. The van der Waals surface area contributed by atoms with Gasteiger partial charge in [0.1, 0.15) is 11.2 Å². The summed E-state index contributed by atoms with van der Waals surface area (Å²) in [5.74, 6) is 0. The maximum atomic E-state index is 6.38. The number of anilines is 3. The minimum atomic E-state index is 0.884. The number of aromatic nitrogens is 1. The standard InChI is InChI=1S/C64H42N2O/c1-3-17-44(18-4-1)51-28-14-19-45-20-15-30-56(63(45)51)54-26-8-10-31-58(54)65(50-24-13-21-47(41-50)52-29-16-34-62-64(52)57-27-9-12-33-61(57)67-62)49-38-35-43(36-39-49)46-37-40-55-53-25-7-11-32-59(53)66(60(55)42-46)48-22-5-2-6-23-48/h1-42H. The third-order valence-corrected chi connectivity index (χ3v) is 13.4. The summed E-state index contributed by atoms with van der Waals surface area (Å²) in [6.45, 7) is 0. The molecule has 0 N–H and O–H groups in total. The summed E-state index contributed by atoms with van der Waals surface area (Å²) in [7, 11) is 0. The molecule has 3 heteroatoms. The predicted octanol–water partition coefficient (Wildman–Crippen LogP) is 18.0. The number of nitrogens with zero attached hydrogens (tertiary/aromatic N) is 2. The van der Waals surface area contributed by atoms with E-state index in [1.807, 2.05) is 6.07 Å². The molecule has 0 saturated carbocycles. The Labute approximate surface area is 388 Å². The molecule has 0 radical (unpaired) electrons. The molecule has 0 aliphatic carbocycles. The fraction of sp³-hybridized carbons (Fsp3) is 0. The zero-order valence-electron chi connectivity index (χ0n) is 36.6. The summed E-state index contributed by atoms with van der Waals surface area (Å²) in [5.41, 5.74) is 17.8. The van der Waals surface area contributed by atoms with Crippen LogP contribution >= 0.6 is 0 Å². The molecule has 0 unspecified atom stereocenters. The van der Waals surface area contributed by atoms with Gasteiger partial charge in [0.2, 0.25) is 0 Å². The highest BCUT2D eigenvalue weighted by Gasteiger charge is 2.22. The molecular formula is C64H42N2O. The molecule has 13 rings (SSSR count). The van der Waals surface area contributed by atoms with Crippen molar-refractivity contribution in [2.75, 3.05) is 4.90 Å². The van der Waals surface area contributed by atoms with E-state index in [4.69, 9.17) is 4.42 Å². The smallest absolute Gasteiger partial charge is 0.136 e. The fourth-order valence-corrected chi connectivity index (χ4v) is 10.4. The molecule has 13 aromatic rings. The number of benzene rings is 11. The van der Waals surface area contributed by atoms with Gasteiger partial charge in [0.25, 0.3) is 0 Å².